The average Bonchev–Trinajstić information content (AvgIpc) is 3.11. The highest BCUT2D eigenvalue weighted by Gasteiger charge is 2.29. The maximum atomic E-state index is 6.16. The second-order valence-electron chi connectivity index (χ2n) is 5.69. The van der Waals surface area contributed by atoms with E-state index in [9.17, 15) is 0 Å². The molecule has 1 aliphatic rings. The van der Waals surface area contributed by atoms with Gasteiger partial charge >= 0.3 is 0 Å². The highest BCUT2D eigenvalue weighted by atomic mass is 16.5. The summed E-state index contributed by atoms with van der Waals surface area (Å²) >= 11 is 0. The monoisotopic (exact) mass is 271 g/mol. The maximum Gasteiger partial charge on any atom is 0.243 e. The van der Waals surface area contributed by atoms with Crippen LogP contribution in [0.3, 0.4) is 0 Å². The van der Waals surface area contributed by atoms with Gasteiger partial charge in [0.25, 0.3) is 0 Å². The molecule has 2 aromatic rings. The fourth-order valence-electron chi connectivity index (χ4n) is 2.85. The molecular formula is C16H21N3O. The molecule has 0 radical (unpaired) electrons. The zero-order valence-corrected chi connectivity index (χ0v) is 12.0. The lowest BCUT2D eigenvalue weighted by molar-refractivity contribution is 0.310. The van der Waals surface area contributed by atoms with Crippen molar-refractivity contribution in [2.24, 2.45) is 11.7 Å². The quantitative estimate of drug-likeness (QED) is 0.927. The van der Waals surface area contributed by atoms with Gasteiger partial charge in [-0.25, -0.2) is 0 Å². The number of benzene rings is 1. The first kappa shape index (κ1) is 13.3. The molecule has 0 saturated heterocycles. The first-order valence-electron chi connectivity index (χ1n) is 7.37. The molecule has 1 heterocycles. The van der Waals surface area contributed by atoms with Crippen LogP contribution >= 0.6 is 0 Å². The minimum atomic E-state index is -0.169. The Hall–Kier alpha value is -1.68. The topological polar surface area (TPSA) is 64.9 Å². The zero-order valence-electron chi connectivity index (χ0n) is 12.0. The molecule has 106 valence electrons. The number of fused-ring (bicyclic) bond motifs is 1. The number of hydrogen-bond donors (Lipinski definition) is 1. The molecule has 3 rings (SSSR count). The first-order valence-corrected chi connectivity index (χ1v) is 7.37. The third kappa shape index (κ3) is 2.24. The Labute approximate surface area is 119 Å². The van der Waals surface area contributed by atoms with Crippen LogP contribution in [-0.2, 0) is 6.42 Å². The number of aryl methyl sites for hydroxylation is 1. The molecule has 20 heavy (non-hydrogen) atoms. The van der Waals surface area contributed by atoms with Crippen molar-refractivity contribution in [3.05, 3.63) is 47.1 Å². The van der Waals surface area contributed by atoms with Crippen LogP contribution < -0.4 is 5.73 Å². The summed E-state index contributed by atoms with van der Waals surface area (Å²) in [4.78, 5) is 4.56. The normalized spacial score (nSPS) is 20.6. The Kier molecular flexibility index (Phi) is 3.57. The Bertz CT molecular complexity index is 593. The van der Waals surface area contributed by atoms with E-state index < -0.39 is 0 Å². The van der Waals surface area contributed by atoms with Crippen molar-refractivity contribution in [1.29, 1.82) is 0 Å². The van der Waals surface area contributed by atoms with E-state index in [1.165, 1.54) is 11.1 Å². The molecule has 0 amide bonds. The number of aromatic nitrogens is 2. The number of nitrogens with two attached hydrogens (primary N) is 1. The summed E-state index contributed by atoms with van der Waals surface area (Å²) in [5.74, 6) is 1.95. The summed E-state index contributed by atoms with van der Waals surface area (Å²) < 4.78 is 5.39. The molecule has 0 bridgehead atoms. The fourth-order valence-corrected chi connectivity index (χ4v) is 2.85. The molecule has 0 spiro atoms. The Morgan fingerprint density at radius 1 is 1.40 bits per heavy atom. The first-order chi connectivity index (χ1) is 9.70. The Morgan fingerprint density at radius 2 is 2.20 bits per heavy atom. The summed E-state index contributed by atoms with van der Waals surface area (Å²) in [5.41, 5.74) is 8.89. The zero-order chi connectivity index (χ0) is 14.1. The van der Waals surface area contributed by atoms with E-state index in [0.29, 0.717) is 11.8 Å². The van der Waals surface area contributed by atoms with Gasteiger partial charge in [0.05, 0.1) is 6.04 Å². The van der Waals surface area contributed by atoms with Gasteiger partial charge in [0.15, 0.2) is 5.82 Å². The van der Waals surface area contributed by atoms with Gasteiger partial charge in [-0.1, -0.05) is 49.7 Å². The van der Waals surface area contributed by atoms with Crippen LogP contribution in [-0.4, -0.2) is 10.1 Å². The van der Waals surface area contributed by atoms with Gasteiger partial charge in [0.1, 0.15) is 0 Å². The van der Waals surface area contributed by atoms with Gasteiger partial charge in [-0.3, -0.25) is 0 Å². The lowest BCUT2D eigenvalue weighted by atomic mass is 9.99. The largest absolute Gasteiger partial charge is 0.338 e. The minimum Gasteiger partial charge on any atom is -0.338 e. The molecule has 1 aromatic carbocycles. The molecule has 4 nitrogen and oxygen atoms in total. The molecule has 3 atom stereocenters. The van der Waals surface area contributed by atoms with Crippen molar-refractivity contribution in [1.82, 2.24) is 10.1 Å². The highest BCUT2D eigenvalue weighted by molar-refractivity contribution is 5.38. The summed E-state index contributed by atoms with van der Waals surface area (Å²) in [7, 11) is 0. The fraction of sp³-hybridized carbons (Fsp3) is 0.500. The summed E-state index contributed by atoms with van der Waals surface area (Å²) in [6.07, 6.45) is 3.14. The van der Waals surface area contributed by atoms with E-state index in [-0.39, 0.29) is 12.0 Å². The van der Waals surface area contributed by atoms with Crippen LogP contribution in [0.15, 0.2) is 28.8 Å². The van der Waals surface area contributed by atoms with E-state index in [4.69, 9.17) is 10.3 Å². The molecular weight excluding hydrogens is 250 g/mol. The Morgan fingerprint density at radius 3 is 3.00 bits per heavy atom. The maximum absolute atomic E-state index is 6.16. The van der Waals surface area contributed by atoms with Crippen molar-refractivity contribution in [3.63, 3.8) is 0 Å². The third-order valence-corrected chi connectivity index (χ3v) is 4.44. The van der Waals surface area contributed by atoms with Gasteiger partial charge in [0.2, 0.25) is 5.89 Å². The lowest BCUT2D eigenvalue weighted by Gasteiger charge is -2.13. The van der Waals surface area contributed by atoms with E-state index in [2.05, 4.69) is 48.3 Å². The number of hydrogen-bond acceptors (Lipinski definition) is 4. The van der Waals surface area contributed by atoms with Crippen LogP contribution in [0.4, 0.5) is 0 Å². The second-order valence-corrected chi connectivity index (χ2v) is 5.69. The smallest absolute Gasteiger partial charge is 0.243 e. The van der Waals surface area contributed by atoms with E-state index in [1.54, 1.807) is 0 Å². The molecule has 1 aromatic heterocycles. The molecule has 0 saturated carbocycles. The van der Waals surface area contributed by atoms with Crippen LogP contribution in [0, 0.1) is 5.92 Å². The summed E-state index contributed by atoms with van der Waals surface area (Å²) in [6, 6.07) is 8.33. The SMILES string of the molecule is CCC(C)C(N)c1nc(C2CCc3ccccc32)no1. The second kappa shape index (κ2) is 5.37. The molecule has 2 N–H and O–H groups in total. The lowest BCUT2D eigenvalue weighted by Crippen LogP contribution is -2.19. The third-order valence-electron chi connectivity index (χ3n) is 4.44. The predicted octanol–water partition coefficient (Wildman–Crippen LogP) is 3.19. The predicted molar refractivity (Wildman–Crippen MR) is 77.3 cm³/mol. The van der Waals surface area contributed by atoms with Gasteiger partial charge in [0, 0.05) is 5.92 Å². The number of nitrogens with zero attached hydrogens (tertiary/aromatic N) is 2. The van der Waals surface area contributed by atoms with Gasteiger partial charge in [-0.2, -0.15) is 4.98 Å². The van der Waals surface area contributed by atoms with E-state index in [1.807, 2.05) is 0 Å². The van der Waals surface area contributed by atoms with Crippen molar-refractivity contribution in [2.45, 2.75) is 45.1 Å². The summed E-state index contributed by atoms with van der Waals surface area (Å²) in [6.45, 7) is 4.23. The van der Waals surface area contributed by atoms with E-state index in [0.717, 1.165) is 25.1 Å². The average molecular weight is 271 g/mol. The molecule has 0 aliphatic heterocycles. The van der Waals surface area contributed by atoms with E-state index >= 15 is 0 Å². The van der Waals surface area contributed by atoms with Crippen molar-refractivity contribution >= 4 is 0 Å². The van der Waals surface area contributed by atoms with Crippen LogP contribution in [0.5, 0.6) is 0 Å². The van der Waals surface area contributed by atoms with Crippen molar-refractivity contribution < 1.29 is 4.52 Å². The highest BCUT2D eigenvalue weighted by Crippen LogP contribution is 2.37. The van der Waals surface area contributed by atoms with Crippen molar-refractivity contribution in [3.8, 4) is 0 Å². The molecule has 4 heteroatoms. The molecule has 3 unspecified atom stereocenters. The number of rotatable bonds is 4. The standard InChI is InChI=1S/C16H21N3O/c1-3-10(2)14(17)16-18-15(19-20-16)13-9-8-11-6-4-5-7-12(11)13/h4-7,10,13-14H,3,8-9,17H2,1-2H3. The van der Waals surface area contributed by atoms with Crippen LogP contribution in [0.25, 0.3) is 0 Å². The molecule has 1 aliphatic carbocycles. The Balaban J connectivity index is 1.85. The summed E-state index contributed by atoms with van der Waals surface area (Å²) in [5, 5.41) is 4.17. The van der Waals surface area contributed by atoms with Gasteiger partial charge < -0.3 is 10.3 Å². The molecule has 0 fully saturated rings. The minimum absolute atomic E-state index is 0.169. The van der Waals surface area contributed by atoms with Gasteiger partial charge in [-0.05, 0) is 29.9 Å². The van der Waals surface area contributed by atoms with Crippen LogP contribution in [0.1, 0.15) is 61.5 Å². The van der Waals surface area contributed by atoms with Crippen molar-refractivity contribution in [2.75, 3.05) is 0 Å². The van der Waals surface area contributed by atoms with Crippen LogP contribution in [0.2, 0.25) is 0 Å². The van der Waals surface area contributed by atoms with Gasteiger partial charge in [-0.15, -0.1) is 0 Å².